The monoisotopic (exact) mass is 388 g/mol. The Morgan fingerprint density at radius 3 is 2.52 bits per heavy atom. The van der Waals surface area contributed by atoms with Gasteiger partial charge in [0.1, 0.15) is 5.69 Å². The summed E-state index contributed by atoms with van der Waals surface area (Å²) in [5.74, 6) is -0.570. The van der Waals surface area contributed by atoms with Crippen LogP contribution in [0.4, 0.5) is 5.69 Å². The van der Waals surface area contributed by atoms with Gasteiger partial charge >= 0.3 is 5.69 Å². The standard InChI is InChI=1S/C20H16N6O3/c1-25-12-16(19(28)23-20(25)29)22-18(27)15-11-17(13-7-9-21-10-8-13)26(24-15)14-5-3-2-4-6-14/h2-12H,1H3,(H,22,27)(H,23,28,29). The number of H-pyrrole nitrogens is 1. The zero-order valence-electron chi connectivity index (χ0n) is 15.4. The predicted octanol–water partition coefficient (Wildman–Crippen LogP) is 1.57. The van der Waals surface area contributed by atoms with E-state index in [1.54, 1.807) is 23.1 Å². The second kappa shape index (κ2) is 7.39. The van der Waals surface area contributed by atoms with Gasteiger partial charge in [0.25, 0.3) is 11.5 Å². The molecule has 0 aliphatic carbocycles. The molecule has 0 saturated heterocycles. The molecule has 4 rings (SSSR count). The number of para-hydroxylation sites is 1. The van der Waals surface area contributed by atoms with Gasteiger partial charge in [-0.25, -0.2) is 9.48 Å². The van der Waals surface area contributed by atoms with Gasteiger partial charge in [-0.1, -0.05) is 18.2 Å². The van der Waals surface area contributed by atoms with Gasteiger partial charge in [-0.2, -0.15) is 5.10 Å². The highest BCUT2D eigenvalue weighted by molar-refractivity contribution is 6.03. The highest BCUT2D eigenvalue weighted by Crippen LogP contribution is 2.23. The van der Waals surface area contributed by atoms with Crippen LogP contribution in [0.15, 0.2) is 76.7 Å². The van der Waals surface area contributed by atoms with Crippen molar-refractivity contribution < 1.29 is 4.79 Å². The van der Waals surface area contributed by atoms with Gasteiger partial charge < -0.3 is 9.88 Å². The van der Waals surface area contributed by atoms with E-state index in [1.807, 2.05) is 42.5 Å². The molecule has 29 heavy (non-hydrogen) atoms. The van der Waals surface area contributed by atoms with E-state index in [0.717, 1.165) is 11.3 Å². The van der Waals surface area contributed by atoms with Crippen LogP contribution in [-0.4, -0.2) is 30.2 Å². The Bertz CT molecular complexity index is 1230. The molecule has 0 atom stereocenters. The van der Waals surface area contributed by atoms with Gasteiger partial charge in [-0.05, 0) is 30.3 Å². The van der Waals surface area contributed by atoms with Crippen molar-refractivity contribution in [3.63, 3.8) is 0 Å². The second-order valence-corrected chi connectivity index (χ2v) is 6.27. The van der Waals surface area contributed by atoms with Crippen molar-refractivity contribution in [3.05, 3.63) is 93.7 Å². The maximum absolute atomic E-state index is 12.8. The van der Waals surface area contributed by atoms with Gasteiger partial charge in [0.15, 0.2) is 5.69 Å². The third-order valence-electron chi connectivity index (χ3n) is 4.28. The summed E-state index contributed by atoms with van der Waals surface area (Å²) < 4.78 is 2.82. The first-order valence-electron chi connectivity index (χ1n) is 8.70. The number of pyridine rings is 1. The molecule has 144 valence electrons. The van der Waals surface area contributed by atoms with Gasteiger partial charge in [-0.3, -0.25) is 19.6 Å². The van der Waals surface area contributed by atoms with Crippen molar-refractivity contribution in [1.29, 1.82) is 0 Å². The molecule has 4 aromatic rings. The summed E-state index contributed by atoms with van der Waals surface area (Å²) in [6.07, 6.45) is 4.57. The van der Waals surface area contributed by atoms with Crippen LogP contribution in [0.3, 0.4) is 0 Å². The number of aryl methyl sites for hydroxylation is 1. The smallest absolute Gasteiger partial charge is 0.315 e. The average Bonchev–Trinajstić information content (AvgIpc) is 3.19. The Morgan fingerprint density at radius 1 is 1.07 bits per heavy atom. The van der Waals surface area contributed by atoms with E-state index in [2.05, 4.69) is 20.4 Å². The Hall–Kier alpha value is -4.27. The molecule has 0 fully saturated rings. The van der Waals surface area contributed by atoms with E-state index in [9.17, 15) is 14.4 Å². The number of hydrogen-bond donors (Lipinski definition) is 2. The van der Waals surface area contributed by atoms with Crippen LogP contribution in [0, 0.1) is 0 Å². The van der Waals surface area contributed by atoms with Crippen LogP contribution in [0.5, 0.6) is 0 Å². The van der Waals surface area contributed by atoms with Crippen molar-refractivity contribution >= 4 is 11.6 Å². The number of benzene rings is 1. The minimum Gasteiger partial charge on any atom is -0.315 e. The van der Waals surface area contributed by atoms with Crippen molar-refractivity contribution in [2.24, 2.45) is 7.05 Å². The molecule has 0 saturated carbocycles. The van der Waals surface area contributed by atoms with Crippen LogP contribution in [-0.2, 0) is 7.05 Å². The Kier molecular flexibility index (Phi) is 4.62. The number of nitrogens with one attached hydrogen (secondary N) is 2. The topological polar surface area (TPSA) is 115 Å². The molecule has 0 unspecified atom stereocenters. The zero-order valence-corrected chi connectivity index (χ0v) is 15.4. The fourth-order valence-electron chi connectivity index (χ4n) is 2.83. The van der Waals surface area contributed by atoms with Crippen molar-refractivity contribution in [3.8, 4) is 16.9 Å². The van der Waals surface area contributed by atoms with Gasteiger partial charge in [0.05, 0.1) is 11.4 Å². The fourth-order valence-corrected chi connectivity index (χ4v) is 2.83. The molecule has 9 nitrogen and oxygen atoms in total. The van der Waals surface area contributed by atoms with Crippen LogP contribution >= 0.6 is 0 Å². The van der Waals surface area contributed by atoms with E-state index >= 15 is 0 Å². The predicted molar refractivity (Wildman–Crippen MR) is 107 cm³/mol. The molecular weight excluding hydrogens is 372 g/mol. The molecule has 0 bridgehead atoms. The van der Waals surface area contributed by atoms with E-state index < -0.39 is 17.2 Å². The summed E-state index contributed by atoms with van der Waals surface area (Å²) in [4.78, 5) is 42.4. The lowest BCUT2D eigenvalue weighted by molar-refractivity contribution is 0.102. The van der Waals surface area contributed by atoms with Crippen LogP contribution < -0.4 is 16.6 Å². The zero-order chi connectivity index (χ0) is 20.4. The van der Waals surface area contributed by atoms with Crippen LogP contribution in [0.2, 0.25) is 0 Å². The molecule has 1 amide bonds. The molecular formula is C20H16N6O3. The first kappa shape index (κ1) is 18.1. The fraction of sp³-hybridized carbons (Fsp3) is 0.0500. The molecule has 0 aliphatic rings. The summed E-state index contributed by atoms with van der Waals surface area (Å²) in [5.41, 5.74) is 1.12. The molecule has 9 heteroatoms. The van der Waals surface area contributed by atoms with Gasteiger partial charge in [-0.15, -0.1) is 0 Å². The maximum atomic E-state index is 12.8. The lowest BCUT2D eigenvalue weighted by Crippen LogP contribution is -2.31. The molecule has 3 aromatic heterocycles. The second-order valence-electron chi connectivity index (χ2n) is 6.27. The number of hydrogen-bond acceptors (Lipinski definition) is 5. The number of aromatic amines is 1. The summed E-state index contributed by atoms with van der Waals surface area (Å²) in [5, 5.41) is 6.93. The molecule has 1 aromatic carbocycles. The van der Waals surface area contributed by atoms with Crippen molar-refractivity contribution in [2.45, 2.75) is 0 Å². The Labute approximate surface area is 164 Å². The lowest BCUT2D eigenvalue weighted by Gasteiger charge is -2.07. The van der Waals surface area contributed by atoms with Gasteiger partial charge in [0.2, 0.25) is 0 Å². The first-order chi connectivity index (χ1) is 14.0. The SMILES string of the molecule is Cn1cc(NC(=O)c2cc(-c3ccncc3)n(-c3ccccc3)n2)c(=O)[nH]c1=O. The highest BCUT2D eigenvalue weighted by Gasteiger charge is 2.18. The number of aromatic nitrogens is 5. The average molecular weight is 388 g/mol. The number of anilines is 1. The number of nitrogens with zero attached hydrogens (tertiary/aromatic N) is 4. The molecule has 2 N–H and O–H groups in total. The number of amides is 1. The number of carbonyl (C=O) groups excluding carboxylic acids is 1. The number of carbonyl (C=O) groups is 1. The third-order valence-corrected chi connectivity index (χ3v) is 4.28. The Balaban J connectivity index is 1.76. The maximum Gasteiger partial charge on any atom is 0.328 e. The molecule has 3 heterocycles. The lowest BCUT2D eigenvalue weighted by atomic mass is 10.2. The van der Waals surface area contributed by atoms with E-state index in [-0.39, 0.29) is 11.4 Å². The van der Waals surface area contributed by atoms with Crippen molar-refractivity contribution in [1.82, 2.24) is 24.3 Å². The normalized spacial score (nSPS) is 10.7. The number of rotatable bonds is 4. The minimum absolute atomic E-state index is 0.0446. The molecule has 0 spiro atoms. The molecule has 0 radical (unpaired) electrons. The van der Waals surface area contributed by atoms with Crippen LogP contribution in [0.1, 0.15) is 10.5 Å². The van der Waals surface area contributed by atoms with E-state index in [0.29, 0.717) is 5.69 Å². The summed E-state index contributed by atoms with van der Waals surface area (Å²) >= 11 is 0. The van der Waals surface area contributed by atoms with E-state index in [1.165, 1.54) is 17.8 Å². The summed E-state index contributed by atoms with van der Waals surface area (Å²) in [6, 6.07) is 14.6. The van der Waals surface area contributed by atoms with Gasteiger partial charge in [0, 0.05) is 31.2 Å². The van der Waals surface area contributed by atoms with Crippen molar-refractivity contribution in [2.75, 3.05) is 5.32 Å². The first-order valence-corrected chi connectivity index (χ1v) is 8.70. The van der Waals surface area contributed by atoms with E-state index in [4.69, 9.17) is 0 Å². The molecule has 0 aliphatic heterocycles. The minimum atomic E-state index is -0.682. The van der Waals surface area contributed by atoms with Crippen LogP contribution in [0.25, 0.3) is 16.9 Å². The quantitative estimate of drug-likeness (QED) is 0.551. The highest BCUT2D eigenvalue weighted by atomic mass is 16.2. The largest absolute Gasteiger partial charge is 0.328 e. The third kappa shape index (κ3) is 3.61. The Morgan fingerprint density at radius 2 is 1.79 bits per heavy atom. The summed E-state index contributed by atoms with van der Waals surface area (Å²) in [7, 11) is 1.47. The summed E-state index contributed by atoms with van der Waals surface area (Å²) in [6.45, 7) is 0.